The van der Waals surface area contributed by atoms with Crippen LogP contribution in [0.5, 0.6) is 0 Å². The maximum absolute atomic E-state index is 11.8. The summed E-state index contributed by atoms with van der Waals surface area (Å²) in [5.41, 5.74) is 1.20. The Bertz CT molecular complexity index is 504. The Morgan fingerprint density at radius 1 is 1.44 bits per heavy atom. The molecule has 2 rings (SSSR count). The lowest BCUT2D eigenvalue weighted by molar-refractivity contribution is 0.0967. The van der Waals surface area contributed by atoms with Gasteiger partial charge in [0.2, 0.25) is 5.78 Å². The van der Waals surface area contributed by atoms with Crippen LogP contribution in [0.25, 0.3) is 0 Å². The molecule has 0 saturated carbocycles. The van der Waals surface area contributed by atoms with E-state index in [4.69, 9.17) is 0 Å². The SMILES string of the molecule is Cc1cnc(C(=O)Cn2ccc(Br)c2)cn1. The van der Waals surface area contributed by atoms with E-state index in [9.17, 15) is 4.79 Å². The summed E-state index contributed by atoms with van der Waals surface area (Å²) >= 11 is 3.33. The molecule has 0 radical (unpaired) electrons. The van der Waals surface area contributed by atoms with Gasteiger partial charge in [-0.1, -0.05) is 0 Å². The second kappa shape index (κ2) is 4.57. The maximum atomic E-state index is 11.8. The van der Waals surface area contributed by atoms with Gasteiger partial charge in [0.1, 0.15) is 5.69 Å². The molecule has 0 atom stereocenters. The van der Waals surface area contributed by atoms with E-state index in [-0.39, 0.29) is 12.3 Å². The van der Waals surface area contributed by atoms with Crippen LogP contribution >= 0.6 is 15.9 Å². The molecule has 2 heterocycles. The predicted octanol–water partition coefficient (Wildman–Crippen LogP) is 2.23. The van der Waals surface area contributed by atoms with Crippen LogP contribution in [0.3, 0.4) is 0 Å². The van der Waals surface area contributed by atoms with E-state index in [1.165, 1.54) is 6.20 Å². The van der Waals surface area contributed by atoms with Gasteiger partial charge < -0.3 is 4.57 Å². The van der Waals surface area contributed by atoms with E-state index in [0.717, 1.165) is 10.2 Å². The number of ketones is 1. The van der Waals surface area contributed by atoms with Crippen molar-refractivity contribution in [1.29, 1.82) is 0 Å². The molecule has 16 heavy (non-hydrogen) atoms. The van der Waals surface area contributed by atoms with Gasteiger partial charge in [0.05, 0.1) is 18.4 Å². The summed E-state index contributed by atoms with van der Waals surface area (Å²) in [6, 6.07) is 1.88. The summed E-state index contributed by atoms with van der Waals surface area (Å²) in [5, 5.41) is 0. The van der Waals surface area contributed by atoms with Gasteiger partial charge in [-0.05, 0) is 28.9 Å². The van der Waals surface area contributed by atoms with Crippen molar-refractivity contribution in [3.63, 3.8) is 0 Å². The third-order valence-electron chi connectivity index (χ3n) is 2.11. The molecule has 0 aliphatic heterocycles. The summed E-state index contributed by atoms with van der Waals surface area (Å²) in [6.07, 6.45) is 6.79. The molecular formula is C11H10BrN3O. The molecule has 0 fully saturated rings. The first-order valence-corrected chi connectivity index (χ1v) is 5.57. The lowest BCUT2D eigenvalue weighted by atomic mass is 10.3. The first-order valence-electron chi connectivity index (χ1n) is 4.78. The second-order valence-electron chi connectivity index (χ2n) is 3.47. The number of Topliss-reactive ketones (excluding diaryl/α,β-unsaturated/α-hetero) is 1. The van der Waals surface area contributed by atoms with E-state index in [0.29, 0.717) is 5.69 Å². The monoisotopic (exact) mass is 279 g/mol. The van der Waals surface area contributed by atoms with Gasteiger partial charge in [-0.3, -0.25) is 9.78 Å². The molecule has 2 aromatic rings. The smallest absolute Gasteiger partial charge is 0.202 e. The van der Waals surface area contributed by atoms with Crippen molar-refractivity contribution in [2.45, 2.75) is 13.5 Å². The van der Waals surface area contributed by atoms with Gasteiger partial charge in [0, 0.05) is 23.1 Å². The number of nitrogens with zero attached hydrogens (tertiary/aromatic N) is 3. The molecule has 0 saturated heterocycles. The molecule has 0 aliphatic carbocycles. The molecular weight excluding hydrogens is 270 g/mol. The fourth-order valence-electron chi connectivity index (χ4n) is 1.29. The highest BCUT2D eigenvalue weighted by Gasteiger charge is 2.08. The Balaban J connectivity index is 2.11. The first kappa shape index (κ1) is 11.0. The quantitative estimate of drug-likeness (QED) is 0.810. The van der Waals surface area contributed by atoms with Gasteiger partial charge in [-0.15, -0.1) is 0 Å². The summed E-state index contributed by atoms with van der Waals surface area (Å²) in [7, 11) is 0. The normalized spacial score (nSPS) is 10.4. The molecule has 0 amide bonds. The van der Waals surface area contributed by atoms with Crippen molar-refractivity contribution >= 4 is 21.7 Å². The van der Waals surface area contributed by atoms with Crippen LogP contribution in [0, 0.1) is 6.92 Å². The summed E-state index contributed by atoms with van der Waals surface area (Å²) in [5.74, 6) is -0.0457. The van der Waals surface area contributed by atoms with Gasteiger partial charge in [-0.25, -0.2) is 4.98 Å². The van der Waals surface area contributed by atoms with Crippen LogP contribution in [-0.2, 0) is 6.54 Å². The number of aromatic nitrogens is 3. The summed E-state index contributed by atoms with van der Waals surface area (Å²) in [6.45, 7) is 2.12. The number of hydrogen-bond acceptors (Lipinski definition) is 3. The zero-order chi connectivity index (χ0) is 11.5. The molecule has 0 aromatic carbocycles. The summed E-state index contributed by atoms with van der Waals surface area (Å²) in [4.78, 5) is 19.9. The van der Waals surface area contributed by atoms with Crippen LogP contribution in [0.1, 0.15) is 16.2 Å². The highest BCUT2D eigenvalue weighted by atomic mass is 79.9. The number of carbonyl (C=O) groups is 1. The Morgan fingerprint density at radius 3 is 2.81 bits per heavy atom. The van der Waals surface area contributed by atoms with Crippen LogP contribution in [0.15, 0.2) is 35.3 Å². The van der Waals surface area contributed by atoms with Gasteiger partial charge in [0.25, 0.3) is 0 Å². The number of halogens is 1. The lowest BCUT2D eigenvalue weighted by Crippen LogP contribution is -2.11. The first-order chi connectivity index (χ1) is 7.65. The van der Waals surface area contributed by atoms with Crippen molar-refractivity contribution < 1.29 is 4.79 Å². The fourth-order valence-corrected chi connectivity index (χ4v) is 1.67. The molecule has 4 nitrogen and oxygen atoms in total. The Hall–Kier alpha value is -1.49. The van der Waals surface area contributed by atoms with Crippen LogP contribution in [-0.4, -0.2) is 20.3 Å². The molecule has 0 N–H and O–H groups in total. The number of hydrogen-bond donors (Lipinski definition) is 0. The Morgan fingerprint density at radius 2 is 2.25 bits per heavy atom. The molecule has 5 heteroatoms. The molecule has 0 spiro atoms. The average molecular weight is 280 g/mol. The third-order valence-corrected chi connectivity index (χ3v) is 2.58. The predicted molar refractivity (Wildman–Crippen MR) is 63.2 cm³/mol. The van der Waals surface area contributed by atoms with E-state index in [1.807, 2.05) is 25.4 Å². The van der Waals surface area contributed by atoms with Crippen molar-refractivity contribution in [3.8, 4) is 0 Å². The Labute approximate surface area is 101 Å². The molecule has 82 valence electrons. The highest BCUT2D eigenvalue weighted by molar-refractivity contribution is 9.10. The van der Waals surface area contributed by atoms with Gasteiger partial charge in [-0.2, -0.15) is 0 Å². The topological polar surface area (TPSA) is 47.8 Å². The maximum Gasteiger partial charge on any atom is 0.202 e. The van der Waals surface area contributed by atoms with Crippen molar-refractivity contribution in [1.82, 2.24) is 14.5 Å². The fraction of sp³-hybridized carbons (Fsp3) is 0.182. The average Bonchev–Trinajstić information content (AvgIpc) is 2.65. The minimum absolute atomic E-state index is 0.0457. The minimum Gasteiger partial charge on any atom is -0.345 e. The largest absolute Gasteiger partial charge is 0.345 e. The third kappa shape index (κ3) is 2.55. The van der Waals surface area contributed by atoms with Crippen LogP contribution in [0.2, 0.25) is 0 Å². The second-order valence-corrected chi connectivity index (χ2v) is 4.38. The molecule has 0 unspecified atom stereocenters. The lowest BCUT2D eigenvalue weighted by Gasteiger charge is -2.01. The highest BCUT2D eigenvalue weighted by Crippen LogP contribution is 2.09. The molecule has 0 bridgehead atoms. The van der Waals surface area contributed by atoms with Gasteiger partial charge in [0.15, 0.2) is 0 Å². The number of aryl methyl sites for hydroxylation is 1. The summed E-state index contributed by atoms with van der Waals surface area (Å²) < 4.78 is 2.75. The standard InChI is InChI=1S/C11H10BrN3O/c1-8-4-14-10(5-13-8)11(16)7-15-3-2-9(12)6-15/h2-6H,7H2,1H3. The molecule has 2 aromatic heterocycles. The van der Waals surface area contributed by atoms with Crippen molar-refractivity contribution in [2.75, 3.05) is 0 Å². The Kier molecular flexibility index (Phi) is 3.14. The zero-order valence-electron chi connectivity index (χ0n) is 8.72. The van der Waals surface area contributed by atoms with Crippen molar-refractivity contribution in [3.05, 3.63) is 46.7 Å². The zero-order valence-corrected chi connectivity index (χ0v) is 10.3. The number of rotatable bonds is 3. The molecule has 0 aliphatic rings. The van der Waals surface area contributed by atoms with E-state index < -0.39 is 0 Å². The van der Waals surface area contributed by atoms with Crippen LogP contribution < -0.4 is 0 Å². The van der Waals surface area contributed by atoms with Gasteiger partial charge >= 0.3 is 0 Å². The van der Waals surface area contributed by atoms with E-state index in [1.54, 1.807) is 10.8 Å². The minimum atomic E-state index is -0.0457. The van der Waals surface area contributed by atoms with Crippen LogP contribution in [0.4, 0.5) is 0 Å². The van der Waals surface area contributed by atoms with E-state index in [2.05, 4.69) is 25.9 Å². The van der Waals surface area contributed by atoms with E-state index >= 15 is 0 Å². The number of carbonyl (C=O) groups excluding carboxylic acids is 1. The van der Waals surface area contributed by atoms with Crippen molar-refractivity contribution in [2.24, 2.45) is 0 Å².